The smallest absolute Gasteiger partial charge is 0.393 e. The number of rotatable bonds is 9. The minimum absolute atomic E-state index is 0.110. The van der Waals surface area contributed by atoms with Crippen LogP contribution in [0.1, 0.15) is 54.4 Å². The Hall–Kier alpha value is -0.0551. The summed E-state index contributed by atoms with van der Waals surface area (Å²) in [5.74, 6) is 0.583. The highest BCUT2D eigenvalue weighted by atomic mass is 16.4. The number of hydrazine groups is 1. The van der Waals surface area contributed by atoms with Crippen LogP contribution in [0.2, 0.25) is 6.32 Å². The van der Waals surface area contributed by atoms with Gasteiger partial charge in [-0.25, -0.2) is 0 Å². The molecule has 0 aliphatic rings. The van der Waals surface area contributed by atoms with Gasteiger partial charge in [0.2, 0.25) is 0 Å². The molecule has 0 bridgehead atoms. The molecule has 0 rings (SSSR count). The first-order valence-corrected chi connectivity index (χ1v) is 6.55. The van der Waals surface area contributed by atoms with Gasteiger partial charge in [0.1, 0.15) is 0 Å². The van der Waals surface area contributed by atoms with E-state index in [1.54, 1.807) is 0 Å². The summed E-state index contributed by atoms with van der Waals surface area (Å²) in [6, 6.07) is 0. The van der Waals surface area contributed by atoms with E-state index in [0.29, 0.717) is 5.92 Å². The average Bonchev–Trinajstić information content (AvgIpc) is 2.17. The number of nitrogens with one attached hydrogen (secondary N) is 2. The Balaban J connectivity index is 3.85. The fourth-order valence-corrected chi connectivity index (χ4v) is 1.53. The number of hydrogen-bond acceptors (Lipinski definition) is 3. The van der Waals surface area contributed by atoms with Gasteiger partial charge < -0.3 is 4.65 Å². The zero-order valence-electron chi connectivity index (χ0n) is 11.9. The normalized spacial score (nSPS) is 12.2. The van der Waals surface area contributed by atoms with Crippen molar-refractivity contribution in [1.29, 1.82) is 0 Å². The van der Waals surface area contributed by atoms with Crippen molar-refractivity contribution in [3.63, 3.8) is 0 Å². The molecule has 0 spiro atoms. The highest BCUT2D eigenvalue weighted by molar-refractivity contribution is 6.48. The van der Waals surface area contributed by atoms with E-state index in [1.807, 2.05) is 0 Å². The summed E-state index contributed by atoms with van der Waals surface area (Å²) < 4.78 is 5.75. The molecule has 0 saturated carbocycles. The van der Waals surface area contributed by atoms with Crippen LogP contribution >= 0.6 is 0 Å². The average molecular weight is 228 g/mol. The summed E-state index contributed by atoms with van der Waals surface area (Å²) in [5, 5.41) is 3.28. The summed E-state index contributed by atoms with van der Waals surface area (Å²) in [5.41, 5.74) is 3.49. The van der Waals surface area contributed by atoms with Gasteiger partial charge in [-0.2, -0.15) is 0 Å². The van der Waals surface area contributed by atoms with E-state index in [0.717, 1.165) is 19.3 Å². The third kappa shape index (κ3) is 8.14. The molecule has 2 N–H and O–H groups in total. The van der Waals surface area contributed by atoms with E-state index < -0.39 is 0 Å². The van der Waals surface area contributed by atoms with Gasteiger partial charge in [-0.1, -0.05) is 34.1 Å². The van der Waals surface area contributed by atoms with E-state index in [2.05, 4.69) is 52.3 Å². The molecule has 0 aromatic rings. The summed E-state index contributed by atoms with van der Waals surface area (Å²) in [6.07, 6.45) is 3.31. The molecule has 0 aromatic heterocycles. The lowest BCUT2D eigenvalue weighted by molar-refractivity contribution is 0.249. The molecule has 0 heterocycles. The first kappa shape index (κ1) is 15.9. The van der Waals surface area contributed by atoms with Gasteiger partial charge in [-0.15, -0.1) is 0 Å². The highest BCUT2D eigenvalue weighted by Gasteiger charge is 2.20. The highest BCUT2D eigenvalue weighted by Crippen LogP contribution is 2.09. The van der Waals surface area contributed by atoms with E-state index in [-0.39, 0.29) is 12.6 Å². The van der Waals surface area contributed by atoms with Crippen molar-refractivity contribution in [2.24, 2.45) is 5.92 Å². The van der Waals surface area contributed by atoms with E-state index in [1.165, 1.54) is 6.42 Å². The number of hydrogen-bond donors (Lipinski definition) is 2. The molecule has 16 heavy (non-hydrogen) atoms. The zero-order valence-corrected chi connectivity index (χ0v) is 11.9. The fourth-order valence-electron chi connectivity index (χ4n) is 1.53. The zero-order chi connectivity index (χ0) is 12.6. The second-order valence-electron chi connectivity index (χ2n) is 5.53. The molecule has 3 nitrogen and oxygen atoms in total. The Kier molecular flexibility index (Phi) is 8.07. The summed E-state index contributed by atoms with van der Waals surface area (Å²) in [4.78, 5) is 0. The SMILES string of the molecule is CCCC(C)(C)NNB(CC)OCC(C)C. The quantitative estimate of drug-likeness (QED) is 0.470. The first-order valence-electron chi connectivity index (χ1n) is 6.55. The maximum absolute atomic E-state index is 5.75. The lowest BCUT2D eigenvalue weighted by Crippen LogP contribution is -2.55. The molecule has 0 aliphatic heterocycles. The van der Waals surface area contributed by atoms with Gasteiger partial charge >= 0.3 is 7.05 Å². The lowest BCUT2D eigenvalue weighted by atomic mass is 9.80. The van der Waals surface area contributed by atoms with Crippen LogP contribution in [0.5, 0.6) is 0 Å². The first-order chi connectivity index (χ1) is 7.41. The van der Waals surface area contributed by atoms with Crippen molar-refractivity contribution in [1.82, 2.24) is 10.8 Å². The van der Waals surface area contributed by atoms with Gasteiger partial charge in [-0.3, -0.25) is 10.8 Å². The van der Waals surface area contributed by atoms with Crippen LogP contribution in [-0.2, 0) is 4.65 Å². The third-order valence-corrected chi connectivity index (χ3v) is 2.45. The third-order valence-electron chi connectivity index (χ3n) is 2.45. The van der Waals surface area contributed by atoms with Crippen molar-refractivity contribution >= 4 is 7.05 Å². The molecular weight excluding hydrogens is 199 g/mol. The van der Waals surface area contributed by atoms with Gasteiger partial charge in [0, 0.05) is 12.1 Å². The maximum Gasteiger partial charge on any atom is 0.393 e. The van der Waals surface area contributed by atoms with E-state index in [4.69, 9.17) is 4.65 Å². The van der Waals surface area contributed by atoms with Crippen LogP contribution in [0, 0.1) is 5.92 Å². The van der Waals surface area contributed by atoms with Crippen LogP contribution < -0.4 is 10.8 Å². The van der Waals surface area contributed by atoms with Gasteiger partial charge in [0.25, 0.3) is 0 Å². The van der Waals surface area contributed by atoms with Gasteiger partial charge in [-0.05, 0) is 32.5 Å². The van der Waals surface area contributed by atoms with Crippen LogP contribution in [0.3, 0.4) is 0 Å². The van der Waals surface area contributed by atoms with Gasteiger partial charge in [0.15, 0.2) is 0 Å². The molecule has 0 radical (unpaired) electrons. The minimum Gasteiger partial charge on any atom is -0.420 e. The predicted octanol–water partition coefficient (Wildman–Crippen LogP) is 2.84. The topological polar surface area (TPSA) is 33.3 Å². The standard InChI is InChI=1S/C12H29BN2O/c1-7-9-12(5,6)14-15-13(8-2)16-10-11(3)4/h11,14-15H,7-10H2,1-6H3. The monoisotopic (exact) mass is 228 g/mol. The summed E-state index contributed by atoms with van der Waals surface area (Å²) in [7, 11) is 0.110. The lowest BCUT2D eigenvalue weighted by Gasteiger charge is -2.28. The summed E-state index contributed by atoms with van der Waals surface area (Å²) in [6.45, 7) is 13.9. The molecule has 0 aliphatic carbocycles. The predicted molar refractivity (Wildman–Crippen MR) is 72.3 cm³/mol. The van der Waals surface area contributed by atoms with Crippen molar-refractivity contribution in [3.8, 4) is 0 Å². The fraction of sp³-hybridized carbons (Fsp3) is 1.00. The molecule has 0 aromatic carbocycles. The molecule has 4 heteroatoms. The Labute approximate surface area is 102 Å². The molecule has 0 saturated heterocycles. The van der Waals surface area contributed by atoms with Crippen molar-refractivity contribution < 1.29 is 4.65 Å². The van der Waals surface area contributed by atoms with E-state index >= 15 is 0 Å². The van der Waals surface area contributed by atoms with Crippen LogP contribution in [0.15, 0.2) is 0 Å². The molecule has 0 atom stereocenters. The molecular formula is C12H29BN2O. The van der Waals surface area contributed by atoms with Crippen LogP contribution in [-0.4, -0.2) is 19.2 Å². The largest absolute Gasteiger partial charge is 0.420 e. The van der Waals surface area contributed by atoms with Gasteiger partial charge in [0.05, 0.1) is 0 Å². The van der Waals surface area contributed by atoms with Crippen LogP contribution in [0.4, 0.5) is 0 Å². The van der Waals surface area contributed by atoms with Crippen molar-refractivity contribution in [2.45, 2.75) is 66.2 Å². The van der Waals surface area contributed by atoms with Crippen molar-refractivity contribution in [2.75, 3.05) is 6.61 Å². The molecule has 0 amide bonds. The Morgan fingerprint density at radius 1 is 1.25 bits per heavy atom. The summed E-state index contributed by atoms with van der Waals surface area (Å²) >= 11 is 0. The second kappa shape index (κ2) is 8.10. The minimum atomic E-state index is 0.110. The van der Waals surface area contributed by atoms with Crippen molar-refractivity contribution in [3.05, 3.63) is 0 Å². The maximum atomic E-state index is 5.75. The molecule has 96 valence electrons. The Morgan fingerprint density at radius 2 is 1.88 bits per heavy atom. The second-order valence-corrected chi connectivity index (χ2v) is 5.53. The molecule has 0 unspecified atom stereocenters. The van der Waals surface area contributed by atoms with E-state index in [9.17, 15) is 0 Å². The molecule has 0 fully saturated rings. The Bertz CT molecular complexity index is 174. The van der Waals surface area contributed by atoms with Crippen LogP contribution in [0.25, 0.3) is 0 Å². The Morgan fingerprint density at radius 3 is 2.31 bits per heavy atom.